The fourth-order valence-electron chi connectivity index (χ4n) is 2.22. The first-order chi connectivity index (χ1) is 11.5. The molecule has 24 heavy (non-hydrogen) atoms. The molecule has 0 atom stereocenters. The van der Waals surface area contributed by atoms with Crippen LogP contribution in [0.1, 0.15) is 16.6 Å². The molecule has 0 saturated carbocycles. The minimum absolute atomic E-state index is 0.208. The number of nitrogens with one attached hydrogen (secondary N) is 3. The Morgan fingerprint density at radius 2 is 2.12 bits per heavy atom. The van der Waals surface area contributed by atoms with Crippen molar-refractivity contribution in [3.63, 3.8) is 0 Å². The maximum Gasteiger partial charge on any atom is 0.266 e. The Balaban J connectivity index is 1.90. The van der Waals surface area contributed by atoms with Crippen molar-refractivity contribution in [3.8, 4) is 0 Å². The number of aromatic amines is 1. The lowest BCUT2D eigenvalue weighted by Gasteiger charge is -2.20. The molecule has 1 aromatic carbocycles. The predicted molar refractivity (Wildman–Crippen MR) is 97.8 cm³/mol. The van der Waals surface area contributed by atoms with E-state index >= 15 is 0 Å². The van der Waals surface area contributed by atoms with Gasteiger partial charge in [0.05, 0.1) is 15.9 Å². The van der Waals surface area contributed by atoms with E-state index in [-0.39, 0.29) is 5.91 Å². The first-order valence-electron chi connectivity index (χ1n) is 7.35. The van der Waals surface area contributed by atoms with Crippen LogP contribution in [0.4, 0.5) is 5.95 Å². The van der Waals surface area contributed by atoms with Gasteiger partial charge in [0.2, 0.25) is 5.95 Å². The van der Waals surface area contributed by atoms with Crippen LogP contribution in [0.3, 0.4) is 0 Å². The van der Waals surface area contributed by atoms with Gasteiger partial charge in [0.25, 0.3) is 5.91 Å². The molecule has 0 unspecified atom stereocenters. The van der Waals surface area contributed by atoms with E-state index in [1.807, 2.05) is 35.7 Å². The topological polar surface area (TPSA) is 84.9 Å². The Morgan fingerprint density at radius 3 is 2.79 bits per heavy atom. The highest BCUT2D eigenvalue weighted by molar-refractivity contribution is 7.12. The number of para-hydroxylation sites is 2. The Morgan fingerprint density at radius 1 is 1.33 bits per heavy atom. The molecule has 1 amide bonds. The third kappa shape index (κ3) is 3.36. The van der Waals surface area contributed by atoms with Crippen molar-refractivity contribution in [3.05, 3.63) is 58.6 Å². The number of aromatic nitrogens is 2. The fourth-order valence-corrected chi connectivity index (χ4v) is 2.84. The second kappa shape index (κ2) is 6.67. The summed E-state index contributed by atoms with van der Waals surface area (Å²) in [6, 6.07) is 11.3. The summed E-state index contributed by atoms with van der Waals surface area (Å²) in [4.78, 5) is 22.4. The number of hydrogen-bond acceptors (Lipinski definition) is 5. The number of rotatable bonds is 5. The summed E-state index contributed by atoms with van der Waals surface area (Å²) in [5.41, 5.74) is 2.09. The molecule has 7 heteroatoms. The van der Waals surface area contributed by atoms with Gasteiger partial charge in [0, 0.05) is 12.8 Å². The van der Waals surface area contributed by atoms with Crippen LogP contribution in [0.25, 0.3) is 11.0 Å². The molecule has 0 fully saturated rings. The summed E-state index contributed by atoms with van der Waals surface area (Å²) in [5, 5.41) is 12.4. The van der Waals surface area contributed by atoms with Crippen LogP contribution in [0, 0.1) is 5.41 Å². The van der Waals surface area contributed by atoms with Crippen LogP contribution >= 0.6 is 11.3 Å². The van der Waals surface area contributed by atoms with Crippen molar-refractivity contribution in [2.24, 2.45) is 0 Å². The Kier molecular flexibility index (Phi) is 4.43. The van der Waals surface area contributed by atoms with E-state index in [9.17, 15) is 4.79 Å². The summed E-state index contributed by atoms with van der Waals surface area (Å²) in [7, 11) is 1.79. The molecular weight excluding hydrogens is 322 g/mol. The number of carbonyl (C=O) groups excluding carboxylic acids is 1. The second-order valence-electron chi connectivity index (χ2n) is 5.28. The number of anilines is 1. The molecule has 0 saturated heterocycles. The van der Waals surface area contributed by atoms with Gasteiger partial charge in [-0.1, -0.05) is 18.2 Å². The number of H-pyrrole nitrogens is 1. The van der Waals surface area contributed by atoms with Gasteiger partial charge in [0.1, 0.15) is 5.82 Å². The number of amides is 1. The molecule has 2 heterocycles. The molecule has 6 nitrogen and oxygen atoms in total. The standard InChI is InChI=1S/C17H17N5OS/c1-11(18)10-15(21-16(23)14-8-5-9-24-14)22(2)17-19-12-6-3-4-7-13(12)20-17/h3-10,18H,1-2H3,(H,19,20)(H,21,23)/b15-10-,18-11?. The Bertz CT molecular complexity index is 877. The van der Waals surface area contributed by atoms with Crippen LogP contribution < -0.4 is 10.2 Å². The van der Waals surface area contributed by atoms with Gasteiger partial charge >= 0.3 is 0 Å². The first kappa shape index (κ1) is 15.9. The van der Waals surface area contributed by atoms with Gasteiger partial charge < -0.3 is 20.6 Å². The lowest BCUT2D eigenvalue weighted by Crippen LogP contribution is -2.33. The first-order valence-corrected chi connectivity index (χ1v) is 8.23. The zero-order valence-corrected chi connectivity index (χ0v) is 14.1. The number of allylic oxidation sites excluding steroid dienone is 1. The molecule has 2 aromatic heterocycles. The van der Waals surface area contributed by atoms with Crippen molar-refractivity contribution in [1.29, 1.82) is 5.41 Å². The van der Waals surface area contributed by atoms with E-state index in [0.717, 1.165) is 11.0 Å². The molecule has 122 valence electrons. The summed E-state index contributed by atoms with van der Waals surface area (Å²) >= 11 is 1.37. The maximum atomic E-state index is 12.3. The number of fused-ring (bicyclic) bond motifs is 1. The Hall–Kier alpha value is -2.93. The predicted octanol–water partition coefficient (Wildman–Crippen LogP) is 3.37. The molecule has 0 aliphatic carbocycles. The molecule has 0 radical (unpaired) electrons. The number of imidazole rings is 1. The van der Waals surface area contributed by atoms with Crippen LogP contribution in [0.5, 0.6) is 0 Å². The van der Waals surface area contributed by atoms with Gasteiger partial charge in [-0.05, 0) is 36.6 Å². The average Bonchev–Trinajstić information content (AvgIpc) is 3.22. The van der Waals surface area contributed by atoms with Crippen LogP contribution in [-0.2, 0) is 0 Å². The van der Waals surface area contributed by atoms with E-state index in [1.165, 1.54) is 11.3 Å². The van der Waals surface area contributed by atoms with E-state index in [1.54, 1.807) is 31.0 Å². The van der Waals surface area contributed by atoms with E-state index in [4.69, 9.17) is 5.41 Å². The smallest absolute Gasteiger partial charge is 0.266 e. The van der Waals surface area contributed by atoms with Crippen molar-refractivity contribution >= 4 is 39.9 Å². The third-order valence-corrected chi connectivity index (χ3v) is 4.26. The van der Waals surface area contributed by atoms with Gasteiger partial charge in [-0.25, -0.2) is 4.98 Å². The van der Waals surface area contributed by atoms with E-state index in [2.05, 4.69) is 15.3 Å². The maximum absolute atomic E-state index is 12.3. The van der Waals surface area contributed by atoms with Gasteiger partial charge in [-0.15, -0.1) is 11.3 Å². The second-order valence-corrected chi connectivity index (χ2v) is 6.23. The van der Waals surface area contributed by atoms with Gasteiger partial charge in [0.15, 0.2) is 0 Å². The molecule has 0 bridgehead atoms. The monoisotopic (exact) mass is 339 g/mol. The summed E-state index contributed by atoms with van der Waals surface area (Å²) in [6.07, 6.45) is 1.60. The van der Waals surface area contributed by atoms with Crippen LogP contribution in [0.2, 0.25) is 0 Å². The molecule has 0 aliphatic rings. The number of benzene rings is 1. The minimum atomic E-state index is -0.208. The number of carbonyl (C=O) groups is 1. The van der Waals surface area contributed by atoms with Gasteiger partial charge in [-0.3, -0.25) is 4.79 Å². The summed E-state index contributed by atoms with van der Waals surface area (Å²) < 4.78 is 0. The number of hydrogen-bond donors (Lipinski definition) is 3. The highest BCUT2D eigenvalue weighted by Gasteiger charge is 2.16. The van der Waals surface area contributed by atoms with Crippen LogP contribution in [-0.4, -0.2) is 28.6 Å². The lowest BCUT2D eigenvalue weighted by molar-refractivity contribution is 0.0969. The molecule has 3 rings (SSSR count). The zero-order chi connectivity index (χ0) is 17.1. The molecule has 3 aromatic rings. The SMILES string of the molecule is CC(=N)/C=C(/NC(=O)c1cccs1)N(C)c1nc2ccccc2[nH]1. The molecule has 0 spiro atoms. The number of nitrogens with zero attached hydrogens (tertiary/aromatic N) is 2. The van der Waals surface area contributed by atoms with Crippen molar-refractivity contribution in [2.45, 2.75) is 6.92 Å². The zero-order valence-electron chi connectivity index (χ0n) is 13.3. The third-order valence-electron chi connectivity index (χ3n) is 3.40. The number of thiophene rings is 1. The summed E-state index contributed by atoms with van der Waals surface area (Å²) in [6.45, 7) is 1.66. The normalized spacial score (nSPS) is 11.5. The average molecular weight is 339 g/mol. The lowest BCUT2D eigenvalue weighted by atomic mass is 10.3. The van der Waals surface area contributed by atoms with E-state index in [0.29, 0.717) is 22.4 Å². The summed E-state index contributed by atoms with van der Waals surface area (Å²) in [5.74, 6) is 0.871. The van der Waals surface area contributed by atoms with Crippen molar-refractivity contribution in [1.82, 2.24) is 15.3 Å². The van der Waals surface area contributed by atoms with Crippen molar-refractivity contribution in [2.75, 3.05) is 11.9 Å². The van der Waals surface area contributed by atoms with Gasteiger partial charge in [-0.2, -0.15) is 0 Å². The highest BCUT2D eigenvalue weighted by Crippen LogP contribution is 2.19. The van der Waals surface area contributed by atoms with E-state index < -0.39 is 0 Å². The minimum Gasteiger partial charge on any atom is -0.324 e. The molecule has 3 N–H and O–H groups in total. The quantitative estimate of drug-likeness (QED) is 0.623. The Labute approximate surface area is 143 Å². The highest BCUT2D eigenvalue weighted by atomic mass is 32.1. The fraction of sp³-hybridized carbons (Fsp3) is 0.118. The largest absolute Gasteiger partial charge is 0.324 e. The van der Waals surface area contributed by atoms with Crippen molar-refractivity contribution < 1.29 is 4.79 Å². The molecule has 0 aliphatic heterocycles. The van der Waals surface area contributed by atoms with Crippen LogP contribution in [0.15, 0.2) is 53.7 Å². The molecular formula is C17H17N5OS.